The molecule has 0 atom stereocenters. The lowest BCUT2D eigenvalue weighted by Gasteiger charge is -2.35. The number of hydrogen-bond acceptors (Lipinski definition) is 7. The maximum atomic E-state index is 4.82. The number of hydrogen-bond donors (Lipinski definition) is 0. The second kappa shape index (κ2) is 6.68. The van der Waals surface area contributed by atoms with Crippen LogP contribution in [-0.2, 0) is 0 Å². The third-order valence-electron chi connectivity index (χ3n) is 5.41. The molecule has 27 heavy (non-hydrogen) atoms. The number of fused-ring (bicyclic) bond motifs is 1. The van der Waals surface area contributed by atoms with Crippen LogP contribution in [-0.4, -0.2) is 63.8 Å². The highest BCUT2D eigenvalue weighted by Gasteiger charge is 2.23. The molecule has 8 nitrogen and oxygen atoms in total. The fourth-order valence-electron chi connectivity index (χ4n) is 4.01. The molecule has 0 unspecified atom stereocenters. The van der Waals surface area contributed by atoms with Crippen molar-refractivity contribution in [3.8, 4) is 0 Å². The van der Waals surface area contributed by atoms with Gasteiger partial charge in [-0.25, -0.2) is 14.5 Å². The van der Waals surface area contributed by atoms with Crippen LogP contribution in [0.3, 0.4) is 0 Å². The van der Waals surface area contributed by atoms with Crippen LogP contribution in [0.1, 0.15) is 18.5 Å². The summed E-state index contributed by atoms with van der Waals surface area (Å²) in [6.45, 7) is 7.79. The van der Waals surface area contributed by atoms with E-state index >= 15 is 0 Å². The van der Waals surface area contributed by atoms with Crippen molar-refractivity contribution in [1.29, 1.82) is 0 Å². The van der Waals surface area contributed by atoms with Crippen LogP contribution in [0.4, 0.5) is 17.6 Å². The van der Waals surface area contributed by atoms with Crippen LogP contribution >= 0.6 is 0 Å². The zero-order valence-electron chi connectivity index (χ0n) is 15.6. The summed E-state index contributed by atoms with van der Waals surface area (Å²) in [5.41, 5.74) is 2.07. The predicted octanol–water partition coefficient (Wildman–Crippen LogP) is 1.75. The summed E-state index contributed by atoms with van der Waals surface area (Å²) < 4.78 is 1.91. The minimum Gasteiger partial charge on any atom is -0.356 e. The van der Waals surface area contributed by atoms with Crippen LogP contribution in [0.15, 0.2) is 30.7 Å². The zero-order chi connectivity index (χ0) is 18.2. The Labute approximate surface area is 158 Å². The van der Waals surface area contributed by atoms with Gasteiger partial charge in [-0.15, -0.1) is 0 Å². The van der Waals surface area contributed by atoms with Crippen molar-refractivity contribution in [3.05, 3.63) is 36.4 Å². The second-order valence-corrected chi connectivity index (χ2v) is 7.25. The van der Waals surface area contributed by atoms with Crippen LogP contribution in [0, 0.1) is 6.92 Å². The standard InChI is InChI=1S/C19H24N8/c1-15-14-16-18(20-6-9-27(16)23-15)25-10-12-26(13-11-25)19-21-5-4-17(22-19)24-7-2-3-8-24/h4-6,9,14H,2-3,7-8,10-13H2,1H3. The summed E-state index contributed by atoms with van der Waals surface area (Å²) in [4.78, 5) is 20.9. The normalized spacial score (nSPS) is 17.9. The van der Waals surface area contributed by atoms with Gasteiger partial charge in [0.25, 0.3) is 0 Å². The number of nitrogens with zero attached hydrogens (tertiary/aromatic N) is 8. The summed E-state index contributed by atoms with van der Waals surface area (Å²) >= 11 is 0. The lowest BCUT2D eigenvalue weighted by Crippen LogP contribution is -2.47. The molecule has 0 saturated carbocycles. The Morgan fingerprint density at radius 3 is 2.44 bits per heavy atom. The lowest BCUT2D eigenvalue weighted by molar-refractivity contribution is 0.634. The second-order valence-electron chi connectivity index (χ2n) is 7.25. The number of anilines is 3. The van der Waals surface area contributed by atoms with E-state index in [0.717, 1.165) is 68.1 Å². The van der Waals surface area contributed by atoms with Crippen molar-refractivity contribution in [2.45, 2.75) is 19.8 Å². The molecule has 5 heterocycles. The Kier molecular flexibility index (Phi) is 4.03. The molecular weight excluding hydrogens is 340 g/mol. The van der Waals surface area contributed by atoms with Gasteiger partial charge < -0.3 is 14.7 Å². The number of aromatic nitrogens is 5. The van der Waals surface area contributed by atoms with E-state index in [9.17, 15) is 0 Å². The van der Waals surface area contributed by atoms with Crippen LogP contribution in [0.25, 0.3) is 5.52 Å². The van der Waals surface area contributed by atoms with Crippen molar-refractivity contribution in [2.24, 2.45) is 0 Å². The molecule has 2 fully saturated rings. The van der Waals surface area contributed by atoms with Crippen molar-refractivity contribution < 1.29 is 0 Å². The topological polar surface area (TPSA) is 65.7 Å². The fourth-order valence-corrected chi connectivity index (χ4v) is 4.01. The molecule has 0 N–H and O–H groups in total. The highest BCUT2D eigenvalue weighted by atomic mass is 15.4. The minimum atomic E-state index is 0.838. The first-order valence-corrected chi connectivity index (χ1v) is 9.67. The molecule has 0 aromatic carbocycles. The molecular formula is C19H24N8. The first-order chi connectivity index (χ1) is 13.3. The van der Waals surface area contributed by atoms with Gasteiger partial charge in [0, 0.05) is 57.9 Å². The van der Waals surface area contributed by atoms with Gasteiger partial charge in [0.1, 0.15) is 11.3 Å². The Morgan fingerprint density at radius 2 is 1.63 bits per heavy atom. The molecule has 140 valence electrons. The van der Waals surface area contributed by atoms with Gasteiger partial charge in [-0.2, -0.15) is 10.1 Å². The highest BCUT2D eigenvalue weighted by Crippen LogP contribution is 2.23. The van der Waals surface area contributed by atoms with Crippen molar-refractivity contribution in [3.63, 3.8) is 0 Å². The van der Waals surface area contributed by atoms with E-state index in [2.05, 4.69) is 35.8 Å². The Hall–Kier alpha value is -2.90. The third-order valence-corrected chi connectivity index (χ3v) is 5.41. The molecule has 0 spiro atoms. The number of aryl methyl sites for hydroxylation is 1. The molecule has 0 amide bonds. The quantitative estimate of drug-likeness (QED) is 0.701. The fraction of sp³-hybridized carbons (Fsp3) is 0.474. The van der Waals surface area contributed by atoms with E-state index in [1.54, 1.807) is 0 Å². The van der Waals surface area contributed by atoms with Crippen molar-refractivity contribution >= 4 is 23.1 Å². The molecule has 0 aliphatic carbocycles. The summed E-state index contributed by atoms with van der Waals surface area (Å²) in [7, 11) is 0. The first-order valence-electron chi connectivity index (χ1n) is 9.67. The lowest BCUT2D eigenvalue weighted by atomic mass is 10.3. The van der Waals surface area contributed by atoms with Gasteiger partial charge in [0.15, 0.2) is 5.82 Å². The predicted molar refractivity (Wildman–Crippen MR) is 106 cm³/mol. The molecule has 3 aromatic heterocycles. The molecule has 0 radical (unpaired) electrons. The van der Waals surface area contributed by atoms with E-state index in [0.29, 0.717) is 0 Å². The maximum Gasteiger partial charge on any atom is 0.227 e. The van der Waals surface area contributed by atoms with Gasteiger partial charge in [-0.1, -0.05) is 0 Å². The van der Waals surface area contributed by atoms with Gasteiger partial charge >= 0.3 is 0 Å². The maximum absolute atomic E-state index is 4.82. The van der Waals surface area contributed by atoms with Crippen molar-refractivity contribution in [1.82, 2.24) is 24.6 Å². The van der Waals surface area contributed by atoms with E-state index in [-0.39, 0.29) is 0 Å². The van der Waals surface area contributed by atoms with Crippen LogP contribution < -0.4 is 14.7 Å². The van der Waals surface area contributed by atoms with E-state index in [4.69, 9.17) is 4.98 Å². The molecule has 2 saturated heterocycles. The summed E-state index contributed by atoms with van der Waals surface area (Å²) in [5, 5.41) is 4.49. The van der Waals surface area contributed by atoms with Crippen molar-refractivity contribution in [2.75, 3.05) is 54.0 Å². The monoisotopic (exact) mass is 364 g/mol. The minimum absolute atomic E-state index is 0.838. The largest absolute Gasteiger partial charge is 0.356 e. The first kappa shape index (κ1) is 16.3. The highest BCUT2D eigenvalue weighted by molar-refractivity contribution is 5.69. The van der Waals surface area contributed by atoms with Gasteiger partial charge in [-0.3, -0.25) is 0 Å². The smallest absolute Gasteiger partial charge is 0.227 e. The Bertz CT molecular complexity index is 938. The van der Waals surface area contributed by atoms with Gasteiger partial charge in [0.05, 0.1) is 5.69 Å². The molecule has 0 bridgehead atoms. The van der Waals surface area contributed by atoms with E-state index in [1.807, 2.05) is 36.1 Å². The third kappa shape index (κ3) is 3.05. The van der Waals surface area contributed by atoms with Gasteiger partial charge in [0.2, 0.25) is 5.95 Å². The van der Waals surface area contributed by atoms with Crippen LogP contribution in [0.2, 0.25) is 0 Å². The zero-order valence-corrected chi connectivity index (χ0v) is 15.6. The number of piperazine rings is 1. The van der Waals surface area contributed by atoms with Gasteiger partial charge in [-0.05, 0) is 31.9 Å². The molecule has 8 heteroatoms. The molecule has 2 aliphatic rings. The summed E-state index contributed by atoms with van der Waals surface area (Å²) in [6.07, 6.45) is 8.12. The summed E-state index contributed by atoms with van der Waals surface area (Å²) in [5.74, 6) is 2.90. The SMILES string of the molecule is Cc1cc2c(N3CCN(c4nccc(N5CCCC5)n4)CC3)nccn2n1. The van der Waals surface area contributed by atoms with Crippen LogP contribution in [0.5, 0.6) is 0 Å². The van der Waals surface area contributed by atoms with E-state index < -0.39 is 0 Å². The Balaban J connectivity index is 1.32. The average Bonchev–Trinajstić information content (AvgIpc) is 3.37. The summed E-state index contributed by atoms with van der Waals surface area (Å²) in [6, 6.07) is 4.12. The molecule has 2 aliphatic heterocycles. The number of rotatable bonds is 3. The Morgan fingerprint density at radius 1 is 0.852 bits per heavy atom. The van der Waals surface area contributed by atoms with E-state index in [1.165, 1.54) is 12.8 Å². The average molecular weight is 364 g/mol. The molecule has 5 rings (SSSR count). The molecule has 3 aromatic rings.